The van der Waals surface area contributed by atoms with Gasteiger partial charge >= 0.3 is 0 Å². The molecule has 3 heteroatoms. The number of unbranched alkanes of at least 4 members (excludes halogenated alkanes) is 13. The van der Waals surface area contributed by atoms with E-state index >= 15 is 0 Å². The fourth-order valence-electron chi connectivity index (χ4n) is 5.04. The molecule has 0 aliphatic carbocycles. The molecule has 0 aliphatic heterocycles. The predicted octanol–water partition coefficient (Wildman–Crippen LogP) is 11.4. The van der Waals surface area contributed by atoms with Crippen LogP contribution in [0.15, 0.2) is 0 Å². The monoisotopic (exact) mass is 486 g/mol. The zero-order valence-corrected chi connectivity index (χ0v) is 24.6. The number of hydrogen-bond acceptors (Lipinski definition) is 2. The third kappa shape index (κ3) is 22.4. The van der Waals surface area contributed by atoms with Crippen molar-refractivity contribution in [1.82, 2.24) is 0 Å². The van der Waals surface area contributed by atoms with E-state index in [2.05, 4.69) is 27.7 Å². The van der Waals surface area contributed by atoms with Crippen LogP contribution in [-0.4, -0.2) is 19.4 Å². The van der Waals surface area contributed by atoms with Crippen LogP contribution in [0.4, 0.5) is 0 Å². The van der Waals surface area contributed by atoms with Crippen LogP contribution in [0.3, 0.4) is 0 Å². The van der Waals surface area contributed by atoms with E-state index < -0.39 is 7.37 Å². The maximum absolute atomic E-state index is 13.5. The van der Waals surface area contributed by atoms with E-state index in [0.29, 0.717) is 11.8 Å². The SMILES string of the molecule is CCCCCCCC(CCCCCC)COP(C)(=O)CC(CCCCCC)CCCCCC. The van der Waals surface area contributed by atoms with Gasteiger partial charge in [-0.2, -0.15) is 0 Å². The Kier molecular flexibility index (Phi) is 24.0. The topological polar surface area (TPSA) is 26.3 Å². The van der Waals surface area contributed by atoms with Crippen molar-refractivity contribution >= 4 is 7.37 Å². The maximum atomic E-state index is 13.5. The van der Waals surface area contributed by atoms with Crippen molar-refractivity contribution in [2.24, 2.45) is 11.8 Å². The van der Waals surface area contributed by atoms with E-state index in [-0.39, 0.29) is 0 Å². The molecule has 2 unspecified atom stereocenters. The Hall–Kier alpha value is 0.190. The summed E-state index contributed by atoms with van der Waals surface area (Å²) in [5.41, 5.74) is 0. The van der Waals surface area contributed by atoms with Gasteiger partial charge in [-0.15, -0.1) is 0 Å². The maximum Gasteiger partial charge on any atom is 0.200 e. The van der Waals surface area contributed by atoms with Gasteiger partial charge in [-0.25, -0.2) is 0 Å². The fourth-order valence-corrected chi connectivity index (χ4v) is 6.97. The van der Waals surface area contributed by atoms with E-state index in [9.17, 15) is 4.57 Å². The van der Waals surface area contributed by atoms with Crippen LogP contribution in [0.2, 0.25) is 0 Å². The molecule has 0 saturated heterocycles. The molecule has 2 nitrogen and oxygen atoms in total. The Balaban J connectivity index is 4.64. The first-order valence-corrected chi connectivity index (χ1v) is 17.5. The first-order chi connectivity index (χ1) is 16.0. The van der Waals surface area contributed by atoms with Crippen molar-refractivity contribution < 1.29 is 9.09 Å². The Morgan fingerprint density at radius 2 is 0.848 bits per heavy atom. The third-order valence-corrected chi connectivity index (χ3v) is 9.16. The van der Waals surface area contributed by atoms with Crippen LogP contribution in [0.1, 0.15) is 163 Å². The van der Waals surface area contributed by atoms with E-state index in [1.54, 1.807) is 0 Å². The Labute approximate surface area is 210 Å². The van der Waals surface area contributed by atoms with Gasteiger partial charge in [0.1, 0.15) is 0 Å². The molecule has 0 heterocycles. The Bertz CT molecular complexity index is 425. The first-order valence-electron chi connectivity index (χ1n) is 15.2. The fraction of sp³-hybridized carbons (Fsp3) is 1.00. The summed E-state index contributed by atoms with van der Waals surface area (Å²) in [6.07, 6.45) is 28.3. The highest BCUT2D eigenvalue weighted by Crippen LogP contribution is 2.47. The molecule has 0 saturated carbocycles. The molecule has 33 heavy (non-hydrogen) atoms. The normalized spacial score (nSPS) is 14.6. The standard InChI is InChI=1S/C30H63O2P/c1-6-10-14-18-22-24-29(23-19-15-11-7-2)27-32-33(5,31)28-30(25-20-16-12-8-3)26-21-17-13-9-4/h29-30H,6-28H2,1-5H3. The summed E-state index contributed by atoms with van der Waals surface area (Å²) in [4.78, 5) is 0. The van der Waals surface area contributed by atoms with Crippen LogP contribution >= 0.6 is 7.37 Å². The second-order valence-corrected chi connectivity index (χ2v) is 13.6. The van der Waals surface area contributed by atoms with Gasteiger partial charge in [0.15, 0.2) is 7.37 Å². The summed E-state index contributed by atoms with van der Waals surface area (Å²) in [6, 6.07) is 0. The summed E-state index contributed by atoms with van der Waals surface area (Å²) >= 11 is 0. The molecule has 0 aromatic carbocycles. The van der Waals surface area contributed by atoms with Gasteiger partial charge in [0, 0.05) is 12.8 Å². The highest BCUT2D eigenvalue weighted by atomic mass is 31.2. The van der Waals surface area contributed by atoms with Crippen molar-refractivity contribution in [3.05, 3.63) is 0 Å². The lowest BCUT2D eigenvalue weighted by molar-refractivity contribution is 0.224. The molecular formula is C30H63O2P. The van der Waals surface area contributed by atoms with Crippen LogP contribution in [0.25, 0.3) is 0 Å². The highest BCUT2D eigenvalue weighted by Gasteiger charge is 2.24. The van der Waals surface area contributed by atoms with E-state index in [1.807, 2.05) is 6.66 Å². The molecule has 0 aromatic rings. The molecule has 0 amide bonds. The van der Waals surface area contributed by atoms with Crippen LogP contribution in [0, 0.1) is 11.8 Å². The summed E-state index contributed by atoms with van der Waals surface area (Å²) in [5, 5.41) is 0. The Morgan fingerprint density at radius 1 is 0.515 bits per heavy atom. The molecule has 0 rings (SSSR count). The highest BCUT2D eigenvalue weighted by molar-refractivity contribution is 7.58. The van der Waals surface area contributed by atoms with Gasteiger partial charge in [-0.1, -0.05) is 137 Å². The minimum absolute atomic E-state index is 0.589. The lowest BCUT2D eigenvalue weighted by atomic mass is 9.95. The van der Waals surface area contributed by atoms with E-state index in [4.69, 9.17) is 4.52 Å². The minimum Gasteiger partial charge on any atom is -0.328 e. The summed E-state index contributed by atoms with van der Waals surface area (Å²) < 4.78 is 19.7. The number of hydrogen-bond donors (Lipinski definition) is 0. The first kappa shape index (κ1) is 33.2. The molecule has 0 fully saturated rings. The van der Waals surface area contributed by atoms with Crippen molar-refractivity contribution in [2.75, 3.05) is 19.4 Å². The van der Waals surface area contributed by atoms with Crippen LogP contribution in [0.5, 0.6) is 0 Å². The van der Waals surface area contributed by atoms with Crippen molar-refractivity contribution in [1.29, 1.82) is 0 Å². The van der Waals surface area contributed by atoms with E-state index in [1.165, 1.54) is 135 Å². The molecule has 0 aromatic heterocycles. The van der Waals surface area contributed by atoms with Crippen molar-refractivity contribution in [3.63, 3.8) is 0 Å². The van der Waals surface area contributed by atoms with Gasteiger partial charge in [-0.3, -0.25) is 4.57 Å². The van der Waals surface area contributed by atoms with Gasteiger partial charge in [0.2, 0.25) is 0 Å². The largest absolute Gasteiger partial charge is 0.328 e. The summed E-state index contributed by atoms with van der Waals surface area (Å²) in [6.45, 7) is 11.8. The minimum atomic E-state index is -2.51. The third-order valence-electron chi connectivity index (χ3n) is 7.29. The molecule has 2 atom stereocenters. The van der Waals surface area contributed by atoms with Crippen LogP contribution < -0.4 is 0 Å². The quantitative estimate of drug-likeness (QED) is 0.0897. The summed E-state index contributed by atoms with van der Waals surface area (Å²) in [7, 11) is -2.51. The smallest absolute Gasteiger partial charge is 0.200 e. The van der Waals surface area contributed by atoms with Crippen LogP contribution in [-0.2, 0) is 9.09 Å². The van der Waals surface area contributed by atoms with E-state index in [0.717, 1.165) is 12.8 Å². The molecule has 0 aliphatic rings. The Morgan fingerprint density at radius 3 is 1.24 bits per heavy atom. The summed E-state index contributed by atoms with van der Waals surface area (Å²) in [5.74, 6) is 1.19. The van der Waals surface area contributed by atoms with Gasteiger partial charge in [-0.05, 0) is 37.5 Å². The van der Waals surface area contributed by atoms with Crippen molar-refractivity contribution in [3.8, 4) is 0 Å². The second-order valence-electron chi connectivity index (χ2n) is 11.0. The molecule has 0 bridgehead atoms. The zero-order valence-electron chi connectivity index (χ0n) is 23.7. The molecule has 0 radical (unpaired) electrons. The molecule has 0 N–H and O–H groups in total. The average molecular weight is 487 g/mol. The second kappa shape index (κ2) is 23.9. The van der Waals surface area contributed by atoms with Gasteiger partial charge < -0.3 is 4.52 Å². The van der Waals surface area contributed by atoms with Gasteiger partial charge in [0.25, 0.3) is 0 Å². The average Bonchev–Trinajstić information content (AvgIpc) is 2.79. The predicted molar refractivity (Wildman–Crippen MR) is 151 cm³/mol. The zero-order chi connectivity index (χ0) is 24.6. The number of rotatable bonds is 26. The van der Waals surface area contributed by atoms with Crippen molar-refractivity contribution in [2.45, 2.75) is 163 Å². The lowest BCUT2D eigenvalue weighted by Crippen LogP contribution is -2.13. The molecule has 0 spiro atoms. The molecular weight excluding hydrogens is 423 g/mol. The molecule has 200 valence electrons. The van der Waals surface area contributed by atoms with Gasteiger partial charge in [0.05, 0.1) is 6.61 Å². The lowest BCUT2D eigenvalue weighted by Gasteiger charge is -2.24.